The maximum absolute atomic E-state index is 10.1. The van der Waals surface area contributed by atoms with Crippen molar-refractivity contribution in [2.24, 2.45) is 5.16 Å². The lowest BCUT2D eigenvalue weighted by Gasteiger charge is -2.11. The van der Waals surface area contributed by atoms with Gasteiger partial charge in [0.1, 0.15) is 18.7 Å². The number of nitrogens with one attached hydrogen (secondary N) is 1. The summed E-state index contributed by atoms with van der Waals surface area (Å²) in [5.74, 6) is 0.401. The van der Waals surface area contributed by atoms with Crippen molar-refractivity contribution < 1.29 is 43.3 Å². The molecule has 0 fully saturated rings. The zero-order valence-electron chi connectivity index (χ0n) is 31.7. The van der Waals surface area contributed by atoms with Crippen molar-refractivity contribution in [1.82, 2.24) is 5.32 Å². The molecule has 11 nitrogen and oxygen atoms in total. The molecule has 0 aromatic rings. The molecule has 0 spiro atoms. The summed E-state index contributed by atoms with van der Waals surface area (Å²) in [5, 5.41) is 14.9. The van der Waals surface area contributed by atoms with E-state index in [0.717, 1.165) is 25.2 Å². The first-order valence-electron chi connectivity index (χ1n) is 14.6. The Morgan fingerprint density at radius 3 is 1.00 bits per heavy atom. The number of esters is 2. The molecule has 0 aromatic carbocycles. The minimum absolute atomic E-state index is 0. The number of ketones is 1. The second-order valence-electron chi connectivity index (χ2n) is 8.82. The Labute approximate surface area is 329 Å². The Bertz CT molecular complexity index is 674. The van der Waals surface area contributed by atoms with Gasteiger partial charge in [0.2, 0.25) is 5.91 Å². The minimum atomic E-state index is -0.458. The molecule has 0 atom stereocenters. The van der Waals surface area contributed by atoms with Crippen molar-refractivity contribution >= 4 is 29.3 Å². The van der Waals surface area contributed by atoms with E-state index in [4.69, 9.17) is 5.11 Å². The number of aliphatic hydroxyl groups is 1. The van der Waals surface area contributed by atoms with Gasteiger partial charge in [-0.3, -0.25) is 14.4 Å². The molecule has 0 unspecified atom stereocenters. The summed E-state index contributed by atoms with van der Waals surface area (Å²) in [6.07, 6.45) is 8.20. The van der Waals surface area contributed by atoms with Gasteiger partial charge in [-0.15, -0.1) is 0 Å². The van der Waals surface area contributed by atoms with E-state index in [1.165, 1.54) is 27.9 Å². The molecule has 0 rings (SSSR count). The molecule has 0 radical (unpaired) electrons. The van der Waals surface area contributed by atoms with Crippen molar-refractivity contribution in [1.29, 1.82) is 0 Å². The van der Waals surface area contributed by atoms with Crippen LogP contribution in [-0.2, 0) is 38.2 Å². The first kappa shape index (κ1) is 104. The van der Waals surface area contributed by atoms with Gasteiger partial charge < -0.3 is 34.3 Å². The largest absolute Gasteiger partial charge is 0.469 e. The lowest BCUT2D eigenvalue weighted by Crippen LogP contribution is -2.15. The van der Waals surface area contributed by atoms with Gasteiger partial charge in [-0.2, -0.15) is 0 Å². The van der Waals surface area contributed by atoms with Gasteiger partial charge in [0.15, 0.2) is 0 Å². The summed E-state index contributed by atoms with van der Waals surface area (Å²) < 4.78 is 13.3. The highest BCUT2D eigenvalue weighted by atomic mass is 16.6. The van der Waals surface area contributed by atoms with Gasteiger partial charge in [-0.05, 0) is 81.2 Å². The van der Waals surface area contributed by atoms with Crippen molar-refractivity contribution in [3.05, 3.63) is 24.0 Å². The van der Waals surface area contributed by atoms with Gasteiger partial charge in [0, 0.05) is 48.0 Å². The molecule has 0 aliphatic rings. The van der Waals surface area contributed by atoms with Gasteiger partial charge in [0.05, 0.1) is 18.4 Å². The van der Waals surface area contributed by atoms with E-state index in [-0.39, 0.29) is 83.0 Å². The fourth-order valence-corrected chi connectivity index (χ4v) is 0.506. The molecular weight excluding hydrogens is 664 g/mol. The first-order valence-corrected chi connectivity index (χ1v) is 14.6. The topological polar surface area (TPSA) is 150 Å². The highest BCUT2D eigenvalue weighted by Crippen LogP contribution is 2.03. The zero-order valence-corrected chi connectivity index (χ0v) is 31.7. The molecule has 0 aliphatic heterocycles. The molecule has 0 aromatic heterocycles. The lowest BCUT2D eigenvalue weighted by atomic mass is 10.1. The van der Waals surface area contributed by atoms with Crippen LogP contribution in [0, 0.1) is 0 Å². The number of amides is 1. The number of nitrogens with zero attached hydrogens (tertiary/aromatic N) is 1. The number of ether oxygens (including phenoxy) is 3. The maximum Gasteiger partial charge on any atom is 0.307 e. The third-order valence-electron chi connectivity index (χ3n) is 4.09. The standard InChI is InChI=1S/C6H10O2.C5H11NO.C5H12O.C4H8O.C4H8.C3H7NO.C3H6O2.C3H8O.8CH4/c1-4-5(2)8-6(3)7;1-4-5(2)6-7-3;1-4-5(2,3)6;1-3-4(2)5;1-3-4-2;1-3(5)4-2;1-3(4)5-2;1-3-4-2;;;;;;;;/h4H,1-3H3;4H2,1-3H3;6H,4H2,1-3H3;3H2,1-2H3;3-4H,1-2H3;1-2H3,(H,4,5);1-2H3;3H2,1-2H3;8*1H4/b5-4-;6-5-;;;4-3+;;;;;;;;;;;. The molecule has 2 N–H and O–H groups in total. The summed E-state index contributed by atoms with van der Waals surface area (Å²) in [4.78, 5) is 43.7. The van der Waals surface area contributed by atoms with Crippen molar-refractivity contribution in [3.63, 3.8) is 0 Å². The maximum atomic E-state index is 10.1. The van der Waals surface area contributed by atoms with E-state index in [0.29, 0.717) is 12.2 Å². The van der Waals surface area contributed by atoms with Crippen LogP contribution in [0.25, 0.3) is 0 Å². The predicted octanol–water partition coefficient (Wildman–Crippen LogP) is 12.3. The monoisotopic (exact) mass is 767 g/mol. The number of hydrogen-bond donors (Lipinski definition) is 2. The molecular formula is C41H102N2O9. The summed E-state index contributed by atoms with van der Waals surface area (Å²) in [5.41, 5.74) is 0.572. The van der Waals surface area contributed by atoms with Crippen LogP contribution in [0.3, 0.4) is 0 Å². The summed E-state index contributed by atoms with van der Waals surface area (Å²) in [7, 11) is 6.18. The number of allylic oxidation sites excluding steroid dienone is 4. The highest BCUT2D eigenvalue weighted by Gasteiger charge is 2.05. The number of oxime groups is 1. The normalized spacial score (nSPS) is 8.00. The molecule has 0 aliphatic carbocycles. The van der Waals surface area contributed by atoms with Gasteiger partial charge >= 0.3 is 11.9 Å². The molecule has 0 bridgehead atoms. The molecule has 1 amide bonds. The average Bonchev–Trinajstić information content (AvgIpc) is 2.98. The van der Waals surface area contributed by atoms with Gasteiger partial charge in [-0.25, -0.2) is 0 Å². The number of Topliss-reactive ketones (excluding diaryl/α,β-unsaturated/α-hetero) is 1. The van der Waals surface area contributed by atoms with E-state index in [9.17, 15) is 19.2 Å². The van der Waals surface area contributed by atoms with Gasteiger partial charge in [0.25, 0.3) is 0 Å². The Morgan fingerprint density at radius 1 is 0.692 bits per heavy atom. The van der Waals surface area contributed by atoms with Gasteiger partial charge in [-0.1, -0.05) is 97.5 Å². The zero-order chi connectivity index (χ0) is 37.2. The molecule has 0 heterocycles. The average molecular weight is 767 g/mol. The SMILES string of the molecule is C.C.C.C.C.C.C.C.C/C=C(/C)OC(C)=O.C/C=C/C.CC/C(C)=N\OC.CCC(C)(C)O.CCC(C)=O.CCOC.CNC(C)=O.COC(C)=O. The van der Waals surface area contributed by atoms with Crippen LogP contribution in [0.4, 0.5) is 0 Å². The molecule has 0 saturated heterocycles. The molecule has 52 heavy (non-hydrogen) atoms. The fourth-order valence-electron chi connectivity index (χ4n) is 0.506. The second kappa shape index (κ2) is 91.7. The van der Waals surface area contributed by atoms with Crippen LogP contribution >= 0.6 is 0 Å². The number of carbonyl (C=O) groups excluding carboxylic acids is 4. The summed E-state index contributed by atoms with van der Waals surface area (Å²) in [6.45, 7) is 27.5. The molecule has 330 valence electrons. The first-order chi connectivity index (χ1) is 20.2. The van der Waals surface area contributed by atoms with Crippen molar-refractivity contribution in [2.75, 3.05) is 35.0 Å². The van der Waals surface area contributed by atoms with E-state index < -0.39 is 5.60 Å². The molecule has 0 saturated carbocycles. The third kappa shape index (κ3) is 276. The van der Waals surface area contributed by atoms with Crippen LogP contribution in [0.2, 0.25) is 0 Å². The highest BCUT2D eigenvalue weighted by molar-refractivity contribution is 5.80. The Balaban J connectivity index is -0.0000000201. The summed E-state index contributed by atoms with van der Waals surface area (Å²) in [6, 6.07) is 0. The van der Waals surface area contributed by atoms with E-state index in [2.05, 4.69) is 29.5 Å². The fraction of sp³-hybridized carbons (Fsp3) is 0.780. The predicted molar refractivity (Wildman–Crippen MR) is 238 cm³/mol. The lowest BCUT2D eigenvalue weighted by molar-refractivity contribution is -0.138. The van der Waals surface area contributed by atoms with Crippen LogP contribution in [0.5, 0.6) is 0 Å². The quantitative estimate of drug-likeness (QED) is 0.0885. The Kier molecular flexibility index (Phi) is 183. The minimum Gasteiger partial charge on any atom is -0.469 e. The van der Waals surface area contributed by atoms with E-state index in [1.54, 1.807) is 55.0 Å². The Hall–Kier alpha value is -3.05. The van der Waals surface area contributed by atoms with E-state index in [1.807, 2.05) is 67.5 Å². The van der Waals surface area contributed by atoms with Crippen LogP contribution in [0.15, 0.2) is 29.1 Å². The number of carbonyl (C=O) groups is 4. The van der Waals surface area contributed by atoms with Crippen LogP contribution < -0.4 is 5.32 Å². The van der Waals surface area contributed by atoms with Crippen molar-refractivity contribution in [2.45, 2.75) is 188 Å². The number of hydrogen-bond acceptors (Lipinski definition) is 10. The van der Waals surface area contributed by atoms with E-state index >= 15 is 0 Å². The smallest absolute Gasteiger partial charge is 0.307 e. The molecule has 11 heteroatoms. The number of rotatable bonds is 6. The van der Waals surface area contributed by atoms with Crippen LogP contribution in [-0.4, -0.2) is 75.0 Å². The van der Waals surface area contributed by atoms with Crippen molar-refractivity contribution in [3.8, 4) is 0 Å². The second-order valence-corrected chi connectivity index (χ2v) is 8.82. The summed E-state index contributed by atoms with van der Waals surface area (Å²) >= 11 is 0. The Morgan fingerprint density at radius 2 is 0.962 bits per heavy atom. The third-order valence-corrected chi connectivity index (χ3v) is 4.09. The van der Waals surface area contributed by atoms with Crippen LogP contribution in [0.1, 0.15) is 183 Å². The number of methoxy groups -OCH3 is 2.